The van der Waals surface area contributed by atoms with Gasteiger partial charge in [-0.1, -0.05) is 19.4 Å². The van der Waals surface area contributed by atoms with Gasteiger partial charge in [0.1, 0.15) is 0 Å². The van der Waals surface area contributed by atoms with E-state index >= 15 is 0 Å². The number of hydrogen-bond acceptors (Lipinski definition) is 2. The first kappa shape index (κ1) is 10.7. The van der Waals surface area contributed by atoms with Crippen LogP contribution in [-0.4, -0.2) is 50.9 Å². The van der Waals surface area contributed by atoms with Crippen molar-refractivity contribution in [1.82, 2.24) is 4.57 Å². The fourth-order valence-electron chi connectivity index (χ4n) is 1.87. The van der Waals surface area contributed by atoms with E-state index in [4.69, 9.17) is 4.43 Å². The minimum absolute atomic E-state index is 0.206. The predicted octanol–water partition coefficient (Wildman–Crippen LogP) is -0.402. The van der Waals surface area contributed by atoms with Gasteiger partial charge in [0, 0.05) is 14.9 Å². The van der Waals surface area contributed by atoms with Crippen LogP contribution in [0.2, 0.25) is 12.1 Å². The minimum Gasteiger partial charge on any atom is -0.410 e. The molecule has 1 heterocycles. The van der Waals surface area contributed by atoms with Crippen LogP contribution in [0.4, 0.5) is 0 Å². The quantitative estimate of drug-likeness (QED) is 0.599. The molecule has 1 aliphatic heterocycles. The van der Waals surface area contributed by atoms with Crippen LogP contribution < -0.4 is 0 Å². The van der Waals surface area contributed by atoms with Gasteiger partial charge in [0.25, 0.3) is 0 Å². The number of hydrogen-bond donors (Lipinski definition) is 0. The summed E-state index contributed by atoms with van der Waals surface area (Å²) >= 11 is 0. The van der Waals surface area contributed by atoms with Crippen LogP contribution in [-0.2, 0) is 4.43 Å². The molecular weight excluding hydrogens is 198 g/mol. The molecule has 1 rings (SSSR count). The summed E-state index contributed by atoms with van der Waals surface area (Å²) in [5.74, 6) is 0. The highest BCUT2D eigenvalue weighted by molar-refractivity contribution is 7.39. The molecule has 0 radical (unpaired) electrons. The highest BCUT2D eigenvalue weighted by Gasteiger charge is 2.26. The predicted molar refractivity (Wildman–Crippen MR) is 62.4 cm³/mol. The van der Waals surface area contributed by atoms with Crippen LogP contribution in [0.3, 0.4) is 0 Å². The van der Waals surface area contributed by atoms with Gasteiger partial charge in [0.05, 0.1) is 8.55 Å². The maximum Gasteiger partial charge on any atom is 0.227 e. The van der Waals surface area contributed by atoms with Gasteiger partial charge < -0.3 is 8.99 Å². The van der Waals surface area contributed by atoms with E-state index in [2.05, 4.69) is 25.6 Å². The molecule has 2 atom stereocenters. The average Bonchev–Trinajstić information content (AvgIpc) is 2.05. The molecule has 1 fully saturated rings. The van der Waals surface area contributed by atoms with Crippen molar-refractivity contribution in [3.8, 4) is 0 Å². The Bertz CT molecular complexity index is 132. The average molecular weight is 220 g/mol. The standard InChI is InChI=1S/C7H21NOSi3/c1-4-6-11-7-5-9-12(10-11)8(2)3/h11-12H,4-7,10H2,1-3H3. The van der Waals surface area contributed by atoms with Crippen molar-refractivity contribution >= 4 is 25.6 Å². The summed E-state index contributed by atoms with van der Waals surface area (Å²) in [6.07, 6.45) is 1.43. The molecule has 1 saturated heterocycles. The third-order valence-electron chi connectivity index (χ3n) is 2.64. The molecule has 5 heteroatoms. The molecule has 72 valence electrons. The van der Waals surface area contributed by atoms with Gasteiger partial charge in [0.15, 0.2) is 0 Å². The lowest BCUT2D eigenvalue weighted by Crippen LogP contribution is -2.52. The Morgan fingerprint density at radius 3 is 2.83 bits per heavy atom. The fraction of sp³-hybridized carbons (Fsp3) is 1.00. The van der Waals surface area contributed by atoms with Crippen LogP contribution in [0.5, 0.6) is 0 Å². The monoisotopic (exact) mass is 219 g/mol. The van der Waals surface area contributed by atoms with E-state index < -0.39 is 8.72 Å². The van der Waals surface area contributed by atoms with Crippen molar-refractivity contribution in [3.63, 3.8) is 0 Å². The van der Waals surface area contributed by atoms with Crippen molar-refractivity contribution in [2.75, 3.05) is 20.7 Å². The first-order valence-corrected chi connectivity index (χ1v) is 14.2. The summed E-state index contributed by atoms with van der Waals surface area (Å²) in [6, 6.07) is 3.10. The Morgan fingerprint density at radius 1 is 1.50 bits per heavy atom. The molecule has 2 nitrogen and oxygen atoms in total. The molecule has 0 aromatic carbocycles. The highest BCUT2D eigenvalue weighted by atomic mass is 29.6. The van der Waals surface area contributed by atoms with Crippen molar-refractivity contribution in [1.29, 1.82) is 0 Å². The largest absolute Gasteiger partial charge is 0.410 e. The second kappa shape index (κ2) is 5.33. The van der Waals surface area contributed by atoms with E-state index in [1.54, 1.807) is 6.04 Å². The summed E-state index contributed by atoms with van der Waals surface area (Å²) in [7, 11) is 3.73. The summed E-state index contributed by atoms with van der Waals surface area (Å²) in [6.45, 7) is 3.45. The summed E-state index contributed by atoms with van der Waals surface area (Å²) in [4.78, 5) is 0. The molecule has 0 aromatic rings. The second-order valence-electron chi connectivity index (χ2n) is 3.97. The zero-order valence-electron chi connectivity index (χ0n) is 8.55. The van der Waals surface area contributed by atoms with Gasteiger partial charge >= 0.3 is 0 Å². The Morgan fingerprint density at radius 2 is 2.25 bits per heavy atom. The number of rotatable bonds is 3. The van der Waals surface area contributed by atoms with Crippen molar-refractivity contribution in [2.45, 2.75) is 25.4 Å². The van der Waals surface area contributed by atoms with Crippen LogP contribution in [0, 0.1) is 0 Å². The molecule has 0 N–H and O–H groups in total. The Balaban J connectivity index is 2.30. The van der Waals surface area contributed by atoms with Crippen molar-refractivity contribution in [2.24, 2.45) is 0 Å². The third kappa shape index (κ3) is 3.14. The van der Waals surface area contributed by atoms with Crippen LogP contribution in [0.1, 0.15) is 13.3 Å². The fourth-order valence-corrected chi connectivity index (χ4v) is 27.4. The van der Waals surface area contributed by atoms with Gasteiger partial charge in [-0.15, -0.1) is 0 Å². The first-order chi connectivity index (χ1) is 5.74. The van der Waals surface area contributed by atoms with E-state index in [9.17, 15) is 0 Å². The summed E-state index contributed by atoms with van der Waals surface area (Å²) in [5, 5.41) is 0. The van der Waals surface area contributed by atoms with Crippen molar-refractivity contribution < 1.29 is 4.43 Å². The summed E-state index contributed by atoms with van der Waals surface area (Å²) in [5.41, 5.74) is 0. The highest BCUT2D eigenvalue weighted by Crippen LogP contribution is 2.09. The maximum atomic E-state index is 5.88. The van der Waals surface area contributed by atoms with Gasteiger partial charge in [0.2, 0.25) is 8.72 Å². The lowest BCUT2D eigenvalue weighted by molar-refractivity contribution is 0.314. The Labute approximate surface area is 81.1 Å². The lowest BCUT2D eigenvalue weighted by Gasteiger charge is -2.30. The maximum absolute atomic E-state index is 5.88. The molecule has 0 saturated carbocycles. The lowest BCUT2D eigenvalue weighted by atomic mass is 10.6. The molecular formula is C7H21NOSi3. The molecule has 0 bridgehead atoms. The Hall–Kier alpha value is 0.571. The van der Waals surface area contributed by atoms with E-state index in [-0.39, 0.29) is 16.9 Å². The van der Waals surface area contributed by atoms with Gasteiger partial charge in [-0.25, -0.2) is 0 Å². The molecule has 2 unspecified atom stereocenters. The SMILES string of the molecule is CCC[SiH]1CCO[SiH](N(C)C)[SiH2]1. The van der Waals surface area contributed by atoms with Gasteiger partial charge in [-0.2, -0.15) is 0 Å². The number of nitrogens with zero attached hydrogens (tertiary/aromatic N) is 1. The molecule has 0 amide bonds. The zero-order chi connectivity index (χ0) is 8.97. The van der Waals surface area contributed by atoms with E-state index in [0.29, 0.717) is 0 Å². The molecule has 0 aliphatic carbocycles. The van der Waals surface area contributed by atoms with E-state index in [1.807, 2.05) is 0 Å². The topological polar surface area (TPSA) is 12.5 Å². The van der Waals surface area contributed by atoms with Gasteiger partial charge in [-0.3, -0.25) is 0 Å². The molecule has 1 aliphatic rings. The van der Waals surface area contributed by atoms with Gasteiger partial charge in [-0.05, 0) is 20.1 Å². The molecule has 12 heavy (non-hydrogen) atoms. The van der Waals surface area contributed by atoms with Crippen LogP contribution >= 0.6 is 0 Å². The third-order valence-corrected chi connectivity index (χ3v) is 26.1. The molecule has 0 aromatic heterocycles. The van der Waals surface area contributed by atoms with Crippen LogP contribution in [0.25, 0.3) is 0 Å². The van der Waals surface area contributed by atoms with Crippen LogP contribution in [0.15, 0.2) is 0 Å². The minimum atomic E-state index is -0.755. The molecule has 0 spiro atoms. The van der Waals surface area contributed by atoms with Crippen molar-refractivity contribution in [3.05, 3.63) is 0 Å². The smallest absolute Gasteiger partial charge is 0.227 e. The zero-order valence-corrected chi connectivity index (χ0v) is 12.3. The second-order valence-corrected chi connectivity index (χ2v) is 20.8. The normalized spacial score (nSPS) is 33.0. The first-order valence-electron chi connectivity index (χ1n) is 5.02. The van der Waals surface area contributed by atoms with E-state index in [0.717, 1.165) is 6.61 Å². The van der Waals surface area contributed by atoms with E-state index in [1.165, 1.54) is 12.5 Å². The Kier molecular flexibility index (Phi) is 4.73. The summed E-state index contributed by atoms with van der Waals surface area (Å²) < 4.78 is 8.29.